The van der Waals surface area contributed by atoms with Crippen LogP contribution in [0.1, 0.15) is 35.7 Å². The number of Topliss-reactive ketones (excluding diaryl/α,β-unsaturated/α-hetero) is 1. The first-order chi connectivity index (χ1) is 7.54. The van der Waals surface area contributed by atoms with Crippen LogP contribution in [-0.2, 0) is 0 Å². The summed E-state index contributed by atoms with van der Waals surface area (Å²) >= 11 is 7.95. The molecule has 86 valence electrons. The standard InChI is InChI=1S/C13H15ClOS/c1-9-5-3-6-10(11(9)14)12(15)13(2)7-4-8-16-13/h3,5-6H,4,7-8H2,1-2H3. The summed E-state index contributed by atoms with van der Waals surface area (Å²) in [5, 5.41) is 0.612. The molecule has 1 heterocycles. The molecule has 0 saturated carbocycles. The molecule has 3 heteroatoms. The van der Waals surface area contributed by atoms with E-state index >= 15 is 0 Å². The van der Waals surface area contributed by atoms with Crippen LogP contribution in [0.2, 0.25) is 5.02 Å². The van der Waals surface area contributed by atoms with E-state index in [-0.39, 0.29) is 10.5 Å². The van der Waals surface area contributed by atoms with Crippen molar-refractivity contribution in [3.63, 3.8) is 0 Å². The molecule has 1 aliphatic heterocycles. The van der Waals surface area contributed by atoms with Crippen LogP contribution >= 0.6 is 23.4 Å². The van der Waals surface area contributed by atoms with Crippen molar-refractivity contribution in [2.45, 2.75) is 31.4 Å². The molecule has 2 rings (SSSR count). The van der Waals surface area contributed by atoms with Crippen LogP contribution < -0.4 is 0 Å². The maximum absolute atomic E-state index is 12.4. The summed E-state index contributed by atoms with van der Waals surface area (Å²) in [5.41, 5.74) is 1.65. The molecule has 0 aromatic heterocycles. The minimum Gasteiger partial charge on any atom is -0.293 e. The topological polar surface area (TPSA) is 17.1 Å². The predicted octanol–water partition coefficient (Wildman–Crippen LogP) is 4.12. The Morgan fingerprint density at radius 3 is 2.88 bits per heavy atom. The summed E-state index contributed by atoms with van der Waals surface area (Å²) in [5.74, 6) is 1.26. The third-order valence-electron chi connectivity index (χ3n) is 3.14. The SMILES string of the molecule is Cc1cccc(C(=O)C2(C)CCCS2)c1Cl. The Labute approximate surface area is 106 Å². The Bertz CT molecular complexity index is 422. The van der Waals surface area contributed by atoms with Gasteiger partial charge in [0.15, 0.2) is 5.78 Å². The first-order valence-corrected chi connectivity index (χ1v) is 6.85. The molecule has 0 amide bonds. The summed E-state index contributed by atoms with van der Waals surface area (Å²) in [7, 11) is 0. The van der Waals surface area contributed by atoms with Gasteiger partial charge in [0.2, 0.25) is 0 Å². The van der Waals surface area contributed by atoms with E-state index in [4.69, 9.17) is 11.6 Å². The van der Waals surface area contributed by atoms with Gasteiger partial charge in [-0.1, -0.05) is 23.7 Å². The van der Waals surface area contributed by atoms with E-state index in [1.54, 1.807) is 11.8 Å². The second-order valence-electron chi connectivity index (χ2n) is 4.45. The third kappa shape index (κ3) is 2.01. The van der Waals surface area contributed by atoms with Gasteiger partial charge in [-0.05, 0) is 44.1 Å². The van der Waals surface area contributed by atoms with Crippen LogP contribution in [0, 0.1) is 6.92 Å². The maximum atomic E-state index is 12.4. The normalized spacial score (nSPS) is 24.7. The smallest absolute Gasteiger partial charge is 0.180 e. The molecule has 1 unspecified atom stereocenters. The number of aryl methyl sites for hydroxylation is 1. The molecule has 1 fully saturated rings. The van der Waals surface area contributed by atoms with Gasteiger partial charge in [-0.2, -0.15) is 0 Å². The molecule has 1 nitrogen and oxygen atoms in total. The van der Waals surface area contributed by atoms with Crippen LogP contribution in [0.25, 0.3) is 0 Å². The summed E-state index contributed by atoms with van der Waals surface area (Å²) in [6.45, 7) is 3.97. The first-order valence-electron chi connectivity index (χ1n) is 5.48. The average Bonchev–Trinajstić information content (AvgIpc) is 2.70. The highest BCUT2D eigenvalue weighted by atomic mass is 35.5. The summed E-state index contributed by atoms with van der Waals surface area (Å²) in [6.07, 6.45) is 2.08. The van der Waals surface area contributed by atoms with E-state index in [9.17, 15) is 4.79 Å². The largest absolute Gasteiger partial charge is 0.293 e. The minimum absolute atomic E-state index is 0.184. The monoisotopic (exact) mass is 254 g/mol. The molecular weight excluding hydrogens is 240 g/mol. The molecule has 1 aliphatic rings. The summed E-state index contributed by atoms with van der Waals surface area (Å²) in [4.78, 5) is 12.4. The number of hydrogen-bond donors (Lipinski definition) is 0. The number of thioether (sulfide) groups is 1. The van der Waals surface area contributed by atoms with E-state index in [0.29, 0.717) is 10.6 Å². The summed E-state index contributed by atoms with van der Waals surface area (Å²) < 4.78 is -0.266. The zero-order valence-electron chi connectivity index (χ0n) is 9.55. The van der Waals surface area contributed by atoms with Gasteiger partial charge in [0.1, 0.15) is 0 Å². The molecular formula is C13H15ClOS. The van der Waals surface area contributed by atoms with Crippen LogP contribution in [-0.4, -0.2) is 16.3 Å². The first kappa shape index (κ1) is 12.0. The van der Waals surface area contributed by atoms with E-state index in [2.05, 4.69) is 0 Å². The lowest BCUT2D eigenvalue weighted by molar-refractivity contribution is 0.0949. The molecule has 1 aromatic carbocycles. The van der Waals surface area contributed by atoms with Gasteiger partial charge >= 0.3 is 0 Å². The van der Waals surface area contributed by atoms with Crippen molar-refractivity contribution in [3.05, 3.63) is 34.3 Å². The second-order valence-corrected chi connectivity index (χ2v) is 6.42. The highest BCUT2D eigenvalue weighted by Gasteiger charge is 2.38. The fourth-order valence-corrected chi connectivity index (χ4v) is 3.55. The number of hydrogen-bond acceptors (Lipinski definition) is 2. The highest BCUT2D eigenvalue weighted by molar-refractivity contribution is 8.01. The fourth-order valence-electron chi connectivity index (χ4n) is 2.07. The van der Waals surface area contributed by atoms with Crippen molar-refractivity contribution in [2.75, 3.05) is 5.75 Å². The lowest BCUT2D eigenvalue weighted by atomic mass is 9.94. The molecule has 16 heavy (non-hydrogen) atoms. The molecule has 1 aromatic rings. The van der Waals surface area contributed by atoms with Crippen molar-refractivity contribution < 1.29 is 4.79 Å². The molecule has 1 saturated heterocycles. The van der Waals surface area contributed by atoms with Gasteiger partial charge in [-0.3, -0.25) is 4.79 Å². The molecule has 0 N–H and O–H groups in total. The second kappa shape index (κ2) is 4.42. The van der Waals surface area contributed by atoms with Crippen LogP contribution in [0.3, 0.4) is 0 Å². The third-order valence-corrected chi connectivity index (χ3v) is 5.16. The van der Waals surface area contributed by atoms with E-state index in [1.165, 1.54) is 0 Å². The highest BCUT2D eigenvalue weighted by Crippen LogP contribution is 2.41. The number of carbonyl (C=O) groups is 1. The molecule has 0 aliphatic carbocycles. The zero-order valence-corrected chi connectivity index (χ0v) is 11.1. The number of rotatable bonds is 2. The van der Waals surface area contributed by atoms with Crippen molar-refractivity contribution >= 4 is 29.1 Å². The van der Waals surface area contributed by atoms with Crippen LogP contribution in [0.15, 0.2) is 18.2 Å². The number of benzene rings is 1. The molecule has 0 radical (unpaired) electrons. The number of halogens is 1. The Morgan fingerprint density at radius 2 is 2.25 bits per heavy atom. The lowest BCUT2D eigenvalue weighted by Gasteiger charge is -2.21. The maximum Gasteiger partial charge on any atom is 0.180 e. The van der Waals surface area contributed by atoms with Gasteiger partial charge in [0.25, 0.3) is 0 Å². The quantitative estimate of drug-likeness (QED) is 0.739. The number of ketones is 1. The molecule has 0 bridgehead atoms. The van der Waals surface area contributed by atoms with Gasteiger partial charge in [-0.25, -0.2) is 0 Å². The van der Waals surface area contributed by atoms with Gasteiger partial charge in [0.05, 0.1) is 9.77 Å². The minimum atomic E-state index is -0.266. The zero-order chi connectivity index (χ0) is 11.8. The van der Waals surface area contributed by atoms with Crippen molar-refractivity contribution in [3.8, 4) is 0 Å². The van der Waals surface area contributed by atoms with Crippen LogP contribution in [0.5, 0.6) is 0 Å². The Hall–Kier alpha value is -0.470. The molecule has 1 atom stereocenters. The lowest BCUT2D eigenvalue weighted by Crippen LogP contribution is -2.29. The van der Waals surface area contributed by atoms with Crippen LogP contribution in [0.4, 0.5) is 0 Å². The van der Waals surface area contributed by atoms with E-state index in [0.717, 1.165) is 24.2 Å². The van der Waals surface area contributed by atoms with Crippen molar-refractivity contribution in [2.24, 2.45) is 0 Å². The van der Waals surface area contributed by atoms with Crippen molar-refractivity contribution in [1.29, 1.82) is 0 Å². The predicted molar refractivity (Wildman–Crippen MR) is 70.6 cm³/mol. The average molecular weight is 255 g/mol. The van der Waals surface area contributed by atoms with Gasteiger partial charge < -0.3 is 0 Å². The Morgan fingerprint density at radius 1 is 1.50 bits per heavy atom. The van der Waals surface area contributed by atoms with Gasteiger partial charge in [-0.15, -0.1) is 11.8 Å². The molecule has 0 spiro atoms. The van der Waals surface area contributed by atoms with E-state index < -0.39 is 0 Å². The van der Waals surface area contributed by atoms with Gasteiger partial charge in [0, 0.05) is 5.56 Å². The Balaban J connectivity index is 2.37. The van der Waals surface area contributed by atoms with E-state index in [1.807, 2.05) is 32.0 Å². The summed E-state index contributed by atoms with van der Waals surface area (Å²) in [6, 6.07) is 5.67. The Kier molecular flexibility index (Phi) is 3.32. The van der Waals surface area contributed by atoms with Crippen molar-refractivity contribution in [1.82, 2.24) is 0 Å². The fraction of sp³-hybridized carbons (Fsp3) is 0.462. The number of carbonyl (C=O) groups excluding carboxylic acids is 1.